The molecule has 0 spiro atoms. The molecule has 2 aliphatic rings. The Morgan fingerprint density at radius 3 is 2.90 bits per heavy atom. The average molecular weight is 274 g/mol. The first kappa shape index (κ1) is 13.6. The highest BCUT2D eigenvalue weighted by molar-refractivity contribution is 5.94. The summed E-state index contributed by atoms with van der Waals surface area (Å²) in [4.78, 5) is 16.7. The molecule has 1 aromatic rings. The Morgan fingerprint density at radius 2 is 2.15 bits per heavy atom. The number of fused-ring (bicyclic) bond motifs is 1. The number of likely N-dealkylation sites (tertiary alicyclic amines) is 1. The van der Waals surface area contributed by atoms with Crippen molar-refractivity contribution < 1.29 is 9.53 Å². The van der Waals surface area contributed by atoms with Crippen LogP contribution in [0.5, 0.6) is 0 Å². The second kappa shape index (κ2) is 5.54. The van der Waals surface area contributed by atoms with Crippen molar-refractivity contribution in [1.82, 2.24) is 9.80 Å². The molecule has 0 saturated carbocycles. The summed E-state index contributed by atoms with van der Waals surface area (Å²) >= 11 is 0. The zero-order chi connectivity index (χ0) is 14.1. The highest BCUT2D eigenvalue weighted by atomic mass is 16.5. The summed E-state index contributed by atoms with van der Waals surface area (Å²) < 4.78 is 5.33. The predicted molar refractivity (Wildman–Crippen MR) is 77.8 cm³/mol. The Hall–Kier alpha value is -1.39. The molecule has 1 aromatic carbocycles. The van der Waals surface area contributed by atoms with Crippen molar-refractivity contribution in [2.75, 3.05) is 33.8 Å². The zero-order valence-electron chi connectivity index (χ0n) is 12.3. The van der Waals surface area contributed by atoms with Crippen LogP contribution in [0.3, 0.4) is 0 Å². The monoisotopic (exact) mass is 274 g/mol. The minimum Gasteiger partial charge on any atom is -0.380 e. The van der Waals surface area contributed by atoms with Gasteiger partial charge in [-0.25, -0.2) is 0 Å². The largest absolute Gasteiger partial charge is 0.380 e. The van der Waals surface area contributed by atoms with Gasteiger partial charge in [0.25, 0.3) is 5.91 Å². The maximum Gasteiger partial charge on any atom is 0.253 e. The molecule has 1 saturated heterocycles. The Kier molecular flexibility index (Phi) is 3.76. The van der Waals surface area contributed by atoms with Crippen LogP contribution in [0.4, 0.5) is 0 Å². The third kappa shape index (κ3) is 2.58. The van der Waals surface area contributed by atoms with Crippen molar-refractivity contribution in [2.45, 2.75) is 25.5 Å². The lowest BCUT2D eigenvalue weighted by molar-refractivity contribution is 0.0724. The van der Waals surface area contributed by atoms with Crippen LogP contribution in [0, 0.1) is 0 Å². The van der Waals surface area contributed by atoms with Crippen molar-refractivity contribution in [3.05, 3.63) is 34.9 Å². The minimum atomic E-state index is 0.145. The first-order valence-electron chi connectivity index (χ1n) is 7.30. The standard InChI is InChI=1S/C16H22N2O2/c1-17-7-5-12-9-13(3-4-14(12)10-17)16(19)18-8-6-15(11-18)20-2/h3-4,9,15H,5-8,10-11H2,1-2H3/t15-/m1/s1. The second-order valence-electron chi connectivity index (χ2n) is 5.87. The first-order chi connectivity index (χ1) is 9.67. The van der Waals surface area contributed by atoms with Gasteiger partial charge in [0.2, 0.25) is 0 Å². The van der Waals surface area contributed by atoms with Gasteiger partial charge in [-0.15, -0.1) is 0 Å². The summed E-state index contributed by atoms with van der Waals surface area (Å²) in [5, 5.41) is 0. The van der Waals surface area contributed by atoms with Crippen LogP contribution >= 0.6 is 0 Å². The van der Waals surface area contributed by atoms with Gasteiger partial charge in [0.05, 0.1) is 6.10 Å². The van der Waals surface area contributed by atoms with Crippen LogP contribution in [-0.4, -0.2) is 55.6 Å². The molecular weight excluding hydrogens is 252 g/mol. The molecule has 4 heteroatoms. The molecular formula is C16H22N2O2. The number of ether oxygens (including phenoxy) is 1. The number of likely N-dealkylation sites (N-methyl/N-ethyl adjacent to an activating group) is 1. The van der Waals surface area contributed by atoms with Crippen LogP contribution in [0.1, 0.15) is 27.9 Å². The predicted octanol–water partition coefficient (Wildman–Crippen LogP) is 1.54. The van der Waals surface area contributed by atoms with E-state index in [-0.39, 0.29) is 12.0 Å². The summed E-state index contributed by atoms with van der Waals surface area (Å²) in [7, 11) is 3.85. The number of hydrogen-bond donors (Lipinski definition) is 0. The van der Waals surface area contributed by atoms with Crippen LogP contribution in [-0.2, 0) is 17.7 Å². The van der Waals surface area contributed by atoms with E-state index in [1.54, 1.807) is 7.11 Å². The quantitative estimate of drug-likeness (QED) is 0.820. The molecule has 4 nitrogen and oxygen atoms in total. The van der Waals surface area contributed by atoms with Gasteiger partial charge in [-0.2, -0.15) is 0 Å². The molecule has 0 bridgehead atoms. The van der Waals surface area contributed by atoms with Gasteiger partial charge in [-0.05, 0) is 43.1 Å². The number of carbonyl (C=O) groups excluding carboxylic acids is 1. The van der Waals surface area contributed by atoms with Gasteiger partial charge >= 0.3 is 0 Å². The number of hydrogen-bond acceptors (Lipinski definition) is 3. The molecule has 0 aliphatic carbocycles. The van der Waals surface area contributed by atoms with E-state index in [2.05, 4.69) is 24.1 Å². The Morgan fingerprint density at radius 1 is 1.30 bits per heavy atom. The van der Waals surface area contributed by atoms with E-state index >= 15 is 0 Å². The maximum atomic E-state index is 12.5. The average Bonchev–Trinajstić information content (AvgIpc) is 2.95. The van der Waals surface area contributed by atoms with E-state index in [0.29, 0.717) is 0 Å². The van der Waals surface area contributed by atoms with Gasteiger partial charge in [-0.1, -0.05) is 6.07 Å². The second-order valence-corrected chi connectivity index (χ2v) is 5.87. The van der Waals surface area contributed by atoms with E-state index < -0.39 is 0 Å². The number of methoxy groups -OCH3 is 1. The van der Waals surface area contributed by atoms with Gasteiger partial charge in [-0.3, -0.25) is 4.79 Å². The van der Waals surface area contributed by atoms with Crippen LogP contribution < -0.4 is 0 Å². The fourth-order valence-corrected chi connectivity index (χ4v) is 3.11. The summed E-state index contributed by atoms with van der Waals surface area (Å²) in [6.07, 6.45) is 2.18. The number of nitrogens with zero attached hydrogens (tertiary/aromatic N) is 2. The number of carbonyl (C=O) groups is 1. The Balaban J connectivity index is 1.76. The minimum absolute atomic E-state index is 0.145. The van der Waals surface area contributed by atoms with Gasteiger partial charge < -0.3 is 14.5 Å². The van der Waals surface area contributed by atoms with Crippen molar-refractivity contribution >= 4 is 5.91 Å². The Bertz CT molecular complexity index is 515. The third-order valence-corrected chi connectivity index (χ3v) is 4.42. The van der Waals surface area contributed by atoms with Crippen molar-refractivity contribution in [2.24, 2.45) is 0 Å². The van der Waals surface area contributed by atoms with Crippen LogP contribution in [0.15, 0.2) is 18.2 Å². The van der Waals surface area contributed by atoms with Crippen LogP contribution in [0.2, 0.25) is 0 Å². The normalized spacial score (nSPS) is 22.9. The molecule has 0 radical (unpaired) electrons. The fraction of sp³-hybridized carbons (Fsp3) is 0.562. The van der Waals surface area contributed by atoms with Gasteiger partial charge in [0.1, 0.15) is 0 Å². The van der Waals surface area contributed by atoms with E-state index in [0.717, 1.165) is 44.6 Å². The molecule has 1 amide bonds. The fourth-order valence-electron chi connectivity index (χ4n) is 3.11. The van der Waals surface area contributed by atoms with Gasteiger partial charge in [0, 0.05) is 38.9 Å². The molecule has 0 aromatic heterocycles. The number of benzene rings is 1. The molecule has 1 atom stereocenters. The summed E-state index contributed by atoms with van der Waals surface area (Å²) in [6, 6.07) is 6.17. The topological polar surface area (TPSA) is 32.8 Å². The summed E-state index contributed by atoms with van der Waals surface area (Å²) in [5.74, 6) is 0.145. The number of amides is 1. The van der Waals surface area contributed by atoms with E-state index in [1.807, 2.05) is 11.0 Å². The SMILES string of the molecule is CO[C@@H]1CCN(C(=O)c2ccc3c(c2)CCN(C)C3)C1. The lowest BCUT2D eigenvalue weighted by Gasteiger charge is -2.25. The highest BCUT2D eigenvalue weighted by Crippen LogP contribution is 2.22. The molecule has 20 heavy (non-hydrogen) atoms. The first-order valence-corrected chi connectivity index (χ1v) is 7.30. The smallest absolute Gasteiger partial charge is 0.253 e. The van der Waals surface area contributed by atoms with Gasteiger partial charge in [0.15, 0.2) is 0 Å². The van der Waals surface area contributed by atoms with Crippen molar-refractivity contribution in [3.63, 3.8) is 0 Å². The molecule has 0 N–H and O–H groups in total. The molecule has 2 aliphatic heterocycles. The van der Waals surface area contributed by atoms with E-state index in [4.69, 9.17) is 4.74 Å². The molecule has 2 heterocycles. The van der Waals surface area contributed by atoms with Crippen molar-refractivity contribution in [3.8, 4) is 0 Å². The van der Waals surface area contributed by atoms with E-state index in [1.165, 1.54) is 11.1 Å². The summed E-state index contributed by atoms with van der Waals surface area (Å²) in [6.45, 7) is 3.58. The number of rotatable bonds is 2. The summed E-state index contributed by atoms with van der Waals surface area (Å²) in [5.41, 5.74) is 3.51. The molecule has 1 fully saturated rings. The highest BCUT2D eigenvalue weighted by Gasteiger charge is 2.27. The third-order valence-electron chi connectivity index (χ3n) is 4.42. The molecule has 3 rings (SSSR count). The lowest BCUT2D eigenvalue weighted by Crippen LogP contribution is -2.31. The van der Waals surface area contributed by atoms with Crippen molar-refractivity contribution in [1.29, 1.82) is 0 Å². The van der Waals surface area contributed by atoms with E-state index in [9.17, 15) is 4.79 Å². The lowest BCUT2D eigenvalue weighted by atomic mass is 9.97. The van der Waals surface area contributed by atoms with Crippen LogP contribution in [0.25, 0.3) is 0 Å². The molecule has 108 valence electrons. The molecule has 0 unspecified atom stereocenters. The maximum absolute atomic E-state index is 12.5. The zero-order valence-corrected chi connectivity index (χ0v) is 12.3. The Labute approximate surface area is 120 Å².